The van der Waals surface area contributed by atoms with E-state index in [0.717, 1.165) is 27.6 Å². The fraction of sp³-hybridized carbons (Fsp3) is 0.250. The SMILES string of the molecule is Nc1ccc(-c2ccc(OCC3CCS(=O)(=O)C3)c3ccccc23)cn1. The van der Waals surface area contributed by atoms with Gasteiger partial charge in [0.15, 0.2) is 9.84 Å². The lowest BCUT2D eigenvalue weighted by molar-refractivity contribution is 0.266. The minimum absolute atomic E-state index is 0.0692. The molecule has 5 nitrogen and oxygen atoms in total. The maximum absolute atomic E-state index is 11.6. The van der Waals surface area contributed by atoms with Gasteiger partial charge in [-0.05, 0) is 41.6 Å². The Morgan fingerprint density at radius 1 is 1.08 bits per heavy atom. The number of hydrogen-bond acceptors (Lipinski definition) is 5. The number of aromatic nitrogens is 1. The van der Waals surface area contributed by atoms with E-state index in [1.165, 1.54) is 0 Å². The van der Waals surface area contributed by atoms with Crippen molar-refractivity contribution >= 4 is 26.4 Å². The zero-order chi connectivity index (χ0) is 18.1. The average Bonchev–Trinajstić information content (AvgIpc) is 2.99. The molecule has 3 aromatic rings. The highest BCUT2D eigenvalue weighted by Crippen LogP contribution is 2.35. The topological polar surface area (TPSA) is 82.3 Å². The fourth-order valence-electron chi connectivity index (χ4n) is 3.42. The van der Waals surface area contributed by atoms with Crippen molar-refractivity contribution < 1.29 is 13.2 Å². The Labute approximate surface area is 152 Å². The number of nitrogens with two attached hydrogens (primary N) is 1. The van der Waals surface area contributed by atoms with Crippen molar-refractivity contribution in [1.29, 1.82) is 0 Å². The van der Waals surface area contributed by atoms with Gasteiger partial charge in [-0.3, -0.25) is 0 Å². The number of ether oxygens (including phenoxy) is 1. The van der Waals surface area contributed by atoms with Crippen molar-refractivity contribution in [3.8, 4) is 16.9 Å². The lowest BCUT2D eigenvalue weighted by Gasteiger charge is -2.15. The van der Waals surface area contributed by atoms with Gasteiger partial charge < -0.3 is 10.5 Å². The molecule has 0 aliphatic carbocycles. The molecule has 4 rings (SSSR count). The molecule has 1 fully saturated rings. The molecule has 2 aromatic carbocycles. The summed E-state index contributed by atoms with van der Waals surface area (Å²) in [5.74, 6) is 1.83. The molecular weight excluding hydrogens is 348 g/mol. The molecule has 6 heteroatoms. The number of pyridine rings is 1. The van der Waals surface area contributed by atoms with Crippen molar-refractivity contribution in [3.63, 3.8) is 0 Å². The predicted molar refractivity (Wildman–Crippen MR) is 104 cm³/mol. The highest BCUT2D eigenvalue weighted by atomic mass is 32.2. The molecule has 134 valence electrons. The van der Waals surface area contributed by atoms with Crippen LogP contribution >= 0.6 is 0 Å². The van der Waals surface area contributed by atoms with Crippen LogP contribution in [0.4, 0.5) is 5.82 Å². The second-order valence-electron chi connectivity index (χ2n) is 6.71. The Bertz CT molecular complexity index is 1050. The third kappa shape index (κ3) is 3.37. The van der Waals surface area contributed by atoms with E-state index in [9.17, 15) is 8.42 Å². The van der Waals surface area contributed by atoms with Gasteiger partial charge in [0.05, 0.1) is 18.1 Å². The monoisotopic (exact) mass is 368 g/mol. The first-order valence-corrected chi connectivity index (χ1v) is 10.4. The van der Waals surface area contributed by atoms with Gasteiger partial charge in [-0.2, -0.15) is 0 Å². The summed E-state index contributed by atoms with van der Waals surface area (Å²) in [5, 5.41) is 2.07. The van der Waals surface area contributed by atoms with E-state index in [1.807, 2.05) is 42.5 Å². The van der Waals surface area contributed by atoms with Crippen LogP contribution in [-0.4, -0.2) is 31.5 Å². The Balaban J connectivity index is 1.65. The zero-order valence-electron chi connectivity index (χ0n) is 14.3. The number of benzene rings is 2. The Morgan fingerprint density at radius 3 is 2.58 bits per heavy atom. The lowest BCUT2D eigenvalue weighted by atomic mass is 9.99. The Hall–Kier alpha value is -2.60. The summed E-state index contributed by atoms with van der Waals surface area (Å²) >= 11 is 0. The Morgan fingerprint density at radius 2 is 1.88 bits per heavy atom. The van der Waals surface area contributed by atoms with Crippen LogP contribution in [0.1, 0.15) is 6.42 Å². The Kier molecular flexibility index (Phi) is 4.28. The van der Waals surface area contributed by atoms with Crippen LogP contribution in [0.3, 0.4) is 0 Å². The molecular formula is C20H20N2O3S. The molecule has 1 unspecified atom stereocenters. The van der Waals surface area contributed by atoms with Crippen LogP contribution in [0.15, 0.2) is 54.7 Å². The van der Waals surface area contributed by atoms with Crippen molar-refractivity contribution in [3.05, 3.63) is 54.7 Å². The lowest BCUT2D eigenvalue weighted by Crippen LogP contribution is -2.13. The first-order chi connectivity index (χ1) is 12.5. The predicted octanol–water partition coefficient (Wildman–Crippen LogP) is 3.30. The van der Waals surface area contributed by atoms with E-state index in [-0.39, 0.29) is 17.4 Å². The normalized spacial score (nSPS) is 18.8. The van der Waals surface area contributed by atoms with E-state index < -0.39 is 9.84 Å². The van der Waals surface area contributed by atoms with Gasteiger partial charge in [0.2, 0.25) is 0 Å². The van der Waals surface area contributed by atoms with Crippen molar-refractivity contribution in [2.75, 3.05) is 23.8 Å². The van der Waals surface area contributed by atoms with Crippen LogP contribution in [0.2, 0.25) is 0 Å². The highest BCUT2D eigenvalue weighted by Gasteiger charge is 2.28. The number of fused-ring (bicyclic) bond motifs is 1. The minimum atomic E-state index is -2.89. The second-order valence-corrected chi connectivity index (χ2v) is 8.94. The van der Waals surface area contributed by atoms with Gasteiger partial charge in [-0.15, -0.1) is 0 Å². The molecule has 0 spiro atoms. The van der Waals surface area contributed by atoms with Gasteiger partial charge in [0.1, 0.15) is 11.6 Å². The number of rotatable bonds is 4. The largest absolute Gasteiger partial charge is 0.493 e. The van der Waals surface area contributed by atoms with Crippen LogP contribution in [0.5, 0.6) is 5.75 Å². The summed E-state index contributed by atoms with van der Waals surface area (Å²) in [6.45, 7) is 0.423. The van der Waals surface area contributed by atoms with Crippen molar-refractivity contribution in [1.82, 2.24) is 4.98 Å². The van der Waals surface area contributed by atoms with Gasteiger partial charge >= 0.3 is 0 Å². The first-order valence-electron chi connectivity index (χ1n) is 8.59. The summed E-state index contributed by atoms with van der Waals surface area (Å²) in [6.07, 6.45) is 2.44. The first kappa shape index (κ1) is 16.8. The number of nitrogen functional groups attached to an aromatic ring is 1. The molecule has 1 aliphatic heterocycles. The molecule has 0 saturated carbocycles. The van der Waals surface area contributed by atoms with Gasteiger partial charge in [0.25, 0.3) is 0 Å². The number of sulfone groups is 1. The molecule has 0 radical (unpaired) electrons. The number of nitrogens with zero attached hydrogens (tertiary/aromatic N) is 1. The molecule has 26 heavy (non-hydrogen) atoms. The fourth-order valence-corrected chi connectivity index (χ4v) is 5.26. The molecule has 1 aliphatic rings. The van der Waals surface area contributed by atoms with Gasteiger partial charge in [-0.25, -0.2) is 13.4 Å². The molecule has 1 atom stereocenters. The minimum Gasteiger partial charge on any atom is -0.493 e. The van der Waals surface area contributed by atoms with Gasteiger partial charge in [0, 0.05) is 23.1 Å². The summed E-state index contributed by atoms with van der Waals surface area (Å²) in [7, 11) is -2.89. The summed E-state index contributed by atoms with van der Waals surface area (Å²) < 4.78 is 29.2. The smallest absolute Gasteiger partial charge is 0.150 e. The van der Waals surface area contributed by atoms with E-state index >= 15 is 0 Å². The highest BCUT2D eigenvalue weighted by molar-refractivity contribution is 7.91. The molecule has 1 aromatic heterocycles. The van der Waals surface area contributed by atoms with Crippen LogP contribution < -0.4 is 10.5 Å². The third-order valence-corrected chi connectivity index (χ3v) is 6.62. The van der Waals surface area contributed by atoms with E-state index in [4.69, 9.17) is 10.5 Å². The van der Waals surface area contributed by atoms with Crippen molar-refractivity contribution in [2.45, 2.75) is 6.42 Å². The van der Waals surface area contributed by atoms with E-state index in [0.29, 0.717) is 18.8 Å². The van der Waals surface area contributed by atoms with Crippen LogP contribution in [0, 0.1) is 5.92 Å². The standard InChI is InChI=1S/C20H20N2O3S/c21-20-8-5-15(11-22-20)16-6-7-19(18-4-2-1-3-17(16)18)25-12-14-9-10-26(23,24)13-14/h1-8,11,14H,9-10,12-13H2,(H2,21,22). The summed E-state index contributed by atoms with van der Waals surface area (Å²) in [5.41, 5.74) is 7.73. The average molecular weight is 368 g/mol. The third-order valence-electron chi connectivity index (χ3n) is 4.78. The van der Waals surface area contributed by atoms with Crippen LogP contribution in [-0.2, 0) is 9.84 Å². The molecule has 0 amide bonds. The number of hydrogen-bond donors (Lipinski definition) is 1. The zero-order valence-corrected chi connectivity index (χ0v) is 15.1. The maximum atomic E-state index is 11.6. The van der Waals surface area contributed by atoms with E-state index in [2.05, 4.69) is 4.98 Å². The molecule has 1 saturated heterocycles. The summed E-state index contributed by atoms with van der Waals surface area (Å²) in [4.78, 5) is 4.18. The quantitative estimate of drug-likeness (QED) is 0.764. The maximum Gasteiger partial charge on any atom is 0.150 e. The number of anilines is 1. The van der Waals surface area contributed by atoms with Gasteiger partial charge in [-0.1, -0.05) is 24.3 Å². The van der Waals surface area contributed by atoms with Crippen LogP contribution in [0.25, 0.3) is 21.9 Å². The summed E-state index contributed by atoms with van der Waals surface area (Å²) in [6, 6.07) is 15.7. The molecule has 0 bridgehead atoms. The van der Waals surface area contributed by atoms with Crippen molar-refractivity contribution in [2.24, 2.45) is 5.92 Å². The molecule has 2 N–H and O–H groups in total. The molecule has 2 heterocycles. The second kappa shape index (κ2) is 6.61. The van der Waals surface area contributed by atoms with E-state index in [1.54, 1.807) is 12.3 Å².